The summed E-state index contributed by atoms with van der Waals surface area (Å²) in [5.74, 6) is -1.51. The molecular weight excluding hydrogens is 536 g/mol. The van der Waals surface area contributed by atoms with Crippen molar-refractivity contribution in [2.45, 2.75) is 31.5 Å². The number of aliphatic imine (C=N–C) groups is 1. The van der Waals surface area contributed by atoms with E-state index in [9.17, 15) is 19.8 Å². The van der Waals surface area contributed by atoms with Crippen molar-refractivity contribution in [2.24, 2.45) is 4.99 Å². The van der Waals surface area contributed by atoms with Crippen molar-refractivity contribution in [3.05, 3.63) is 106 Å². The number of aliphatic hydroxyl groups excluding tert-OH is 1. The van der Waals surface area contributed by atoms with Crippen molar-refractivity contribution in [1.29, 1.82) is 0 Å². The van der Waals surface area contributed by atoms with E-state index < -0.39 is 18.6 Å². The maximum absolute atomic E-state index is 13.4. The first-order valence-corrected chi connectivity index (χ1v) is 12.1. The van der Waals surface area contributed by atoms with E-state index >= 15 is 0 Å². The van der Waals surface area contributed by atoms with Gasteiger partial charge in [-0.2, -0.15) is 0 Å². The Morgan fingerprint density at radius 1 is 1.03 bits per heavy atom. The van der Waals surface area contributed by atoms with Crippen LogP contribution in [0.4, 0.5) is 5.69 Å². The van der Waals surface area contributed by atoms with Crippen molar-refractivity contribution >= 4 is 34.9 Å². The standard InChI is InChI=1S/C28H28ClN3O4.Ni/c29-22-13-6-4-11-20(22)17-32-16-8-15-25(32)27(34)31-23-14-7-5-12-21(23)26(19-9-2-1-3-10-19)30-24(18-33)28(35)36;/h1-7,9-14,24-25,33H,8,15-18H2,(H2,30,31,34,35,36);/p-1/t24-,25+;/m1./s1. The van der Waals surface area contributed by atoms with E-state index in [2.05, 4.69) is 15.2 Å². The number of likely N-dealkylation sites (tertiary alicyclic amines) is 1. The van der Waals surface area contributed by atoms with Crippen LogP contribution in [0.5, 0.6) is 0 Å². The van der Waals surface area contributed by atoms with E-state index in [0.29, 0.717) is 40.5 Å². The number of carbonyl (C=O) groups is 2. The molecule has 0 bridgehead atoms. The second kappa shape index (κ2) is 13.5. The molecule has 7 nitrogen and oxygen atoms in total. The van der Waals surface area contributed by atoms with Gasteiger partial charge in [0, 0.05) is 33.6 Å². The summed E-state index contributed by atoms with van der Waals surface area (Å²) in [5.41, 5.74) is 2.89. The number of nitrogens with zero attached hydrogens (tertiary/aromatic N) is 3. The Morgan fingerprint density at radius 3 is 2.41 bits per heavy atom. The third-order valence-corrected chi connectivity index (χ3v) is 6.53. The number of benzene rings is 3. The number of rotatable bonds is 9. The van der Waals surface area contributed by atoms with Crippen LogP contribution in [0, 0.1) is 0 Å². The molecule has 0 spiro atoms. The van der Waals surface area contributed by atoms with Crippen molar-refractivity contribution < 1.29 is 36.3 Å². The largest absolute Gasteiger partial charge is 0.625 e. The van der Waals surface area contributed by atoms with Gasteiger partial charge in [-0.05, 0) is 36.6 Å². The number of hydrogen-bond acceptors (Lipinski definition) is 5. The van der Waals surface area contributed by atoms with Crippen LogP contribution in [0.15, 0.2) is 83.9 Å². The Bertz CT molecular complexity index is 1250. The average Bonchev–Trinajstić information content (AvgIpc) is 3.35. The molecule has 3 aromatic carbocycles. The van der Waals surface area contributed by atoms with E-state index in [-0.39, 0.29) is 28.4 Å². The van der Waals surface area contributed by atoms with Gasteiger partial charge in [0.2, 0.25) is 0 Å². The zero-order valence-corrected chi connectivity index (χ0v) is 21.7. The number of halogens is 1. The Kier molecular flexibility index (Phi) is 10.4. The zero-order chi connectivity index (χ0) is 25.5. The molecule has 37 heavy (non-hydrogen) atoms. The van der Waals surface area contributed by atoms with Crippen LogP contribution in [0.1, 0.15) is 29.5 Å². The van der Waals surface area contributed by atoms with E-state index in [0.717, 1.165) is 18.5 Å². The maximum atomic E-state index is 13.4. The molecule has 1 aliphatic heterocycles. The van der Waals surface area contributed by atoms with Crippen LogP contribution in [0.2, 0.25) is 5.02 Å². The Balaban J connectivity index is 0.00000380. The van der Waals surface area contributed by atoms with Crippen molar-refractivity contribution in [2.75, 3.05) is 13.2 Å². The van der Waals surface area contributed by atoms with Crippen LogP contribution in [0.25, 0.3) is 5.32 Å². The van der Waals surface area contributed by atoms with E-state index in [1.807, 2.05) is 42.5 Å². The van der Waals surface area contributed by atoms with Gasteiger partial charge in [-0.25, -0.2) is 4.79 Å². The fraction of sp³-hybridized carbons (Fsp3) is 0.250. The van der Waals surface area contributed by atoms with Gasteiger partial charge in [0.25, 0.3) is 0 Å². The average molecular weight is 564 g/mol. The van der Waals surface area contributed by atoms with Crippen LogP contribution < -0.4 is 0 Å². The van der Waals surface area contributed by atoms with E-state index in [4.69, 9.17) is 11.6 Å². The summed E-state index contributed by atoms with van der Waals surface area (Å²) in [4.78, 5) is 31.4. The number of aliphatic carboxylic acids is 1. The van der Waals surface area contributed by atoms with Gasteiger partial charge in [0.05, 0.1) is 24.3 Å². The fourth-order valence-corrected chi connectivity index (χ4v) is 4.53. The molecular formula is C28H27ClN3NiO4-. The molecule has 2 atom stereocenters. The van der Waals surface area contributed by atoms with Crippen molar-refractivity contribution in [3.8, 4) is 0 Å². The predicted molar refractivity (Wildman–Crippen MR) is 140 cm³/mol. The van der Waals surface area contributed by atoms with E-state index in [1.54, 1.807) is 36.4 Å². The molecule has 196 valence electrons. The molecule has 3 aromatic rings. The number of carbonyl (C=O) groups excluding carboxylic acids is 1. The monoisotopic (exact) mass is 562 g/mol. The summed E-state index contributed by atoms with van der Waals surface area (Å²) in [6.07, 6.45) is 1.58. The second-order valence-corrected chi connectivity index (χ2v) is 8.97. The fourth-order valence-electron chi connectivity index (χ4n) is 4.33. The molecule has 1 heterocycles. The van der Waals surface area contributed by atoms with Crippen LogP contribution in [-0.2, 0) is 32.6 Å². The number of aliphatic hydroxyl groups is 1. The molecule has 1 saturated heterocycles. The molecule has 0 unspecified atom stereocenters. The SMILES string of the molecule is O=C(O)[C@@H](CO)N=C(c1ccccc1)c1ccccc1[N-]C(=O)[C@@H]1CCCN1Cc1ccccc1Cl.[Ni]. The van der Waals surface area contributed by atoms with Gasteiger partial charge in [-0.3, -0.25) is 9.89 Å². The molecule has 0 aromatic heterocycles. The molecule has 1 fully saturated rings. The number of carboxylic acids is 1. The molecule has 2 N–H and O–H groups in total. The van der Waals surface area contributed by atoms with Gasteiger partial charge in [0.15, 0.2) is 6.04 Å². The summed E-state index contributed by atoms with van der Waals surface area (Å²) in [6.45, 7) is 0.677. The minimum atomic E-state index is -1.34. The second-order valence-electron chi connectivity index (χ2n) is 8.57. The molecule has 1 aliphatic rings. The van der Waals surface area contributed by atoms with E-state index in [1.165, 1.54) is 0 Å². The first-order valence-electron chi connectivity index (χ1n) is 11.8. The third kappa shape index (κ3) is 7.05. The van der Waals surface area contributed by atoms with Crippen LogP contribution in [0.3, 0.4) is 0 Å². The molecule has 0 aliphatic carbocycles. The molecule has 9 heteroatoms. The maximum Gasteiger partial charge on any atom is 0.330 e. The first kappa shape index (κ1) is 28.5. The number of para-hydroxylation sites is 1. The minimum absolute atomic E-state index is 0. The Hall–Kier alpha value is -3.03. The number of carboxylic acid groups (broad SMARTS) is 1. The molecule has 4 rings (SSSR count). The zero-order valence-electron chi connectivity index (χ0n) is 19.9. The minimum Gasteiger partial charge on any atom is -0.625 e. The smallest absolute Gasteiger partial charge is 0.330 e. The summed E-state index contributed by atoms with van der Waals surface area (Å²) in [7, 11) is 0. The summed E-state index contributed by atoms with van der Waals surface area (Å²) in [6, 6.07) is 22.0. The number of hydrogen-bond donors (Lipinski definition) is 2. The van der Waals surface area contributed by atoms with Crippen LogP contribution >= 0.6 is 11.6 Å². The van der Waals surface area contributed by atoms with Gasteiger partial charge < -0.3 is 20.3 Å². The van der Waals surface area contributed by atoms with Gasteiger partial charge in [-0.1, -0.05) is 84.4 Å². The first-order chi connectivity index (χ1) is 17.5. The van der Waals surface area contributed by atoms with Crippen molar-refractivity contribution in [3.63, 3.8) is 0 Å². The topological polar surface area (TPSA) is 104 Å². The predicted octanol–water partition coefficient (Wildman–Crippen LogP) is 4.82. The Labute approximate surface area is 231 Å². The number of amides is 1. The molecule has 0 radical (unpaired) electrons. The third-order valence-electron chi connectivity index (χ3n) is 6.16. The molecule has 0 saturated carbocycles. The quantitative estimate of drug-likeness (QED) is 0.287. The normalized spacial score (nSPS) is 16.6. The van der Waals surface area contributed by atoms with Gasteiger partial charge in [-0.15, -0.1) is 5.69 Å². The van der Waals surface area contributed by atoms with Gasteiger partial charge in [0.1, 0.15) is 0 Å². The summed E-state index contributed by atoms with van der Waals surface area (Å²) >= 11 is 6.34. The molecule has 1 amide bonds. The van der Waals surface area contributed by atoms with Gasteiger partial charge >= 0.3 is 5.97 Å². The summed E-state index contributed by atoms with van der Waals surface area (Å²) in [5, 5.41) is 24.2. The Morgan fingerprint density at radius 2 is 1.70 bits per heavy atom. The van der Waals surface area contributed by atoms with Crippen molar-refractivity contribution in [1.82, 2.24) is 4.90 Å². The summed E-state index contributed by atoms with van der Waals surface area (Å²) < 4.78 is 0. The van der Waals surface area contributed by atoms with Crippen LogP contribution in [-0.4, -0.2) is 57.9 Å².